The Balaban J connectivity index is 3.79. The zero-order chi connectivity index (χ0) is 47.3. The number of rotatable bonds is 47. The van der Waals surface area contributed by atoms with E-state index in [1.807, 2.05) is 0 Å². The van der Waals surface area contributed by atoms with Gasteiger partial charge in [-0.3, -0.25) is 0 Å². The molecule has 14 N–H and O–H groups in total. The highest BCUT2D eigenvalue weighted by Gasteiger charge is 2.45. The van der Waals surface area contributed by atoms with Gasteiger partial charge < -0.3 is 71.5 Å². The zero-order valence-corrected chi connectivity index (χ0v) is 39.5. The largest absolute Gasteiger partial charge is 0.394 e. The molecule has 0 aromatic heterocycles. The Morgan fingerprint density at radius 2 is 0.365 bits per heavy atom. The molecule has 14 nitrogen and oxygen atoms in total. The van der Waals surface area contributed by atoms with Crippen molar-refractivity contribution in [1.82, 2.24) is 0 Å². The van der Waals surface area contributed by atoms with Crippen molar-refractivity contribution >= 4 is 0 Å². The molecular weight excluding hydrogens is 813 g/mol. The molecule has 0 radical (unpaired) electrons. The molecule has 0 aliphatic carbocycles. The van der Waals surface area contributed by atoms with Crippen molar-refractivity contribution in [2.24, 2.45) is 0 Å². The molecule has 0 amide bonds. The Bertz CT molecular complexity index is 967. The summed E-state index contributed by atoms with van der Waals surface area (Å²) in [6.45, 7) is 1.27. The molecule has 13 unspecified atom stereocenters. The molecule has 0 heterocycles. The molecule has 0 fully saturated rings. The summed E-state index contributed by atoms with van der Waals surface area (Å²) in [5.74, 6) is 0. The number of unbranched alkanes of at least 4 members (excludes halogenated alkanes) is 32. The highest BCUT2D eigenvalue weighted by atomic mass is 16.4. The lowest BCUT2D eigenvalue weighted by atomic mass is 9.88. The minimum absolute atomic E-state index is 0.0910. The van der Waals surface area contributed by atoms with E-state index >= 15 is 0 Å². The van der Waals surface area contributed by atoms with Crippen molar-refractivity contribution in [3.8, 4) is 0 Å². The molecule has 14 heteroatoms. The van der Waals surface area contributed by atoms with E-state index in [-0.39, 0.29) is 6.42 Å². The molecule has 0 aromatic carbocycles. The maximum Gasteiger partial charge on any atom is 0.111 e. The van der Waals surface area contributed by atoms with E-state index in [1.54, 1.807) is 0 Å². The van der Waals surface area contributed by atoms with E-state index in [4.69, 9.17) is 5.11 Å². The smallest absolute Gasteiger partial charge is 0.111 e. The summed E-state index contributed by atoms with van der Waals surface area (Å²) in [6, 6.07) is 0. The Morgan fingerprint density at radius 1 is 0.206 bits per heavy atom. The van der Waals surface area contributed by atoms with Crippen LogP contribution in [0.5, 0.6) is 0 Å². The summed E-state index contributed by atoms with van der Waals surface area (Å²) < 4.78 is 0. The average Bonchev–Trinajstić information content (AvgIpc) is 3.29. The average molecular weight is 913 g/mol. The molecule has 0 saturated carbocycles. The molecule has 0 aromatic rings. The third-order valence-corrected chi connectivity index (χ3v) is 13.1. The molecule has 63 heavy (non-hydrogen) atoms. The van der Waals surface area contributed by atoms with Crippen LogP contribution in [0.15, 0.2) is 0 Å². The second-order valence-corrected chi connectivity index (χ2v) is 18.8. The normalized spacial score (nSPS) is 18.5. The first-order valence-electron chi connectivity index (χ1n) is 25.7. The van der Waals surface area contributed by atoms with Crippen molar-refractivity contribution in [3.63, 3.8) is 0 Å². The third-order valence-electron chi connectivity index (χ3n) is 13.1. The van der Waals surface area contributed by atoms with Gasteiger partial charge in [0.1, 0.15) is 73.2 Å². The molecule has 0 aliphatic rings. The minimum atomic E-state index is -2.50. The highest BCUT2D eigenvalue weighted by molar-refractivity contribution is 4.95. The number of aliphatic hydroxyl groups is 14. The van der Waals surface area contributed by atoms with Crippen LogP contribution in [-0.2, 0) is 0 Å². The van der Waals surface area contributed by atoms with Crippen LogP contribution in [0.4, 0.5) is 0 Å². The van der Waals surface area contributed by atoms with Gasteiger partial charge in [0.15, 0.2) is 0 Å². The minimum Gasteiger partial charge on any atom is -0.394 e. The van der Waals surface area contributed by atoms with E-state index < -0.39 is 86.0 Å². The Morgan fingerprint density at radius 3 is 0.556 bits per heavy atom. The number of hydrogen-bond donors (Lipinski definition) is 14. The van der Waals surface area contributed by atoms with Crippen molar-refractivity contribution in [1.29, 1.82) is 0 Å². The second kappa shape index (κ2) is 41.6. The highest BCUT2D eigenvalue weighted by Crippen LogP contribution is 2.21. The standard InChI is InChI=1S/C49H100O14/c1-2-3-4-5-6-7-8-9-10-11-12-13-14-15-16-17-18-19-20-21-22-23-24-25-26-27-28-29-30-31-32-33-34-35-37(51)39(53)41(55)43(57)45(59)47(61)49(63)48(62)46(60)44(58)42(56)40(54)38(52)36-50/h37-63H,2-36H2,1H3. The summed E-state index contributed by atoms with van der Waals surface area (Å²) in [6.07, 6.45) is 14.1. The van der Waals surface area contributed by atoms with Crippen LogP contribution in [0, 0.1) is 0 Å². The maximum absolute atomic E-state index is 10.4. The Kier molecular flexibility index (Phi) is 41.2. The van der Waals surface area contributed by atoms with Crippen LogP contribution in [0.25, 0.3) is 0 Å². The summed E-state index contributed by atoms with van der Waals surface area (Å²) in [5.41, 5.74) is 0. The third kappa shape index (κ3) is 30.4. The van der Waals surface area contributed by atoms with Crippen LogP contribution in [0.3, 0.4) is 0 Å². The summed E-state index contributed by atoms with van der Waals surface area (Å²) in [7, 11) is 0. The van der Waals surface area contributed by atoms with Gasteiger partial charge in [0.25, 0.3) is 0 Å². The lowest BCUT2D eigenvalue weighted by molar-refractivity contribution is -0.202. The van der Waals surface area contributed by atoms with Crippen LogP contribution >= 0.6 is 0 Å². The van der Waals surface area contributed by atoms with Crippen molar-refractivity contribution in [2.45, 2.75) is 305 Å². The fourth-order valence-corrected chi connectivity index (χ4v) is 8.46. The number of aliphatic hydroxyl groups excluding tert-OH is 14. The first kappa shape index (κ1) is 62.4. The van der Waals surface area contributed by atoms with Crippen LogP contribution in [-0.4, -0.2) is 157 Å². The summed E-state index contributed by atoms with van der Waals surface area (Å²) >= 11 is 0. The van der Waals surface area contributed by atoms with Gasteiger partial charge in [-0.1, -0.05) is 219 Å². The molecule has 0 aliphatic heterocycles. The van der Waals surface area contributed by atoms with Crippen molar-refractivity contribution in [3.05, 3.63) is 0 Å². The van der Waals surface area contributed by atoms with E-state index in [1.165, 1.54) is 180 Å². The number of hydrogen-bond acceptors (Lipinski definition) is 14. The molecule has 0 rings (SSSR count). The van der Waals surface area contributed by atoms with Crippen molar-refractivity contribution < 1.29 is 71.5 Å². The SMILES string of the molecule is CCCCCCCCCCCCCCCCCCCCCCCCCCCCCCCCCCCC(O)C(O)C(O)C(O)C(O)C(O)C(O)C(O)C(O)C(O)C(O)C(O)C(O)CO. The Hall–Kier alpha value is -0.560. The second-order valence-electron chi connectivity index (χ2n) is 18.8. The molecular formula is C49H100O14. The van der Waals surface area contributed by atoms with Gasteiger partial charge >= 0.3 is 0 Å². The Labute approximate surface area is 381 Å². The lowest BCUT2D eigenvalue weighted by Crippen LogP contribution is -2.60. The monoisotopic (exact) mass is 913 g/mol. The molecule has 0 spiro atoms. The molecule has 0 saturated heterocycles. The molecule has 0 bridgehead atoms. The predicted molar refractivity (Wildman–Crippen MR) is 248 cm³/mol. The quantitative estimate of drug-likeness (QED) is 0.0360. The van der Waals surface area contributed by atoms with Gasteiger partial charge in [-0.05, 0) is 6.42 Å². The van der Waals surface area contributed by atoms with Crippen LogP contribution in [0.2, 0.25) is 0 Å². The van der Waals surface area contributed by atoms with Gasteiger partial charge in [0.2, 0.25) is 0 Å². The topological polar surface area (TPSA) is 283 Å². The first-order valence-corrected chi connectivity index (χ1v) is 25.7. The predicted octanol–water partition coefficient (Wildman–Crippen LogP) is 4.95. The zero-order valence-electron chi connectivity index (χ0n) is 39.5. The van der Waals surface area contributed by atoms with Gasteiger partial charge in [0.05, 0.1) is 12.7 Å². The van der Waals surface area contributed by atoms with E-state index in [9.17, 15) is 66.4 Å². The maximum atomic E-state index is 10.4. The van der Waals surface area contributed by atoms with E-state index in [2.05, 4.69) is 6.92 Å². The fraction of sp³-hybridized carbons (Fsp3) is 1.00. The molecule has 380 valence electrons. The first-order chi connectivity index (χ1) is 30.2. The van der Waals surface area contributed by atoms with Gasteiger partial charge in [-0.25, -0.2) is 0 Å². The van der Waals surface area contributed by atoms with E-state index in [0.29, 0.717) is 6.42 Å². The van der Waals surface area contributed by atoms with E-state index in [0.717, 1.165) is 25.7 Å². The van der Waals surface area contributed by atoms with Gasteiger partial charge in [-0.15, -0.1) is 0 Å². The summed E-state index contributed by atoms with van der Waals surface area (Å²) in [5, 5.41) is 140. The lowest BCUT2D eigenvalue weighted by Gasteiger charge is -2.36. The van der Waals surface area contributed by atoms with Gasteiger partial charge in [-0.2, -0.15) is 0 Å². The fourth-order valence-electron chi connectivity index (χ4n) is 8.46. The van der Waals surface area contributed by atoms with Crippen LogP contribution in [0.1, 0.15) is 225 Å². The summed E-state index contributed by atoms with van der Waals surface area (Å²) in [4.78, 5) is 0. The van der Waals surface area contributed by atoms with Crippen molar-refractivity contribution in [2.75, 3.05) is 6.61 Å². The van der Waals surface area contributed by atoms with Crippen LogP contribution < -0.4 is 0 Å². The molecule has 13 atom stereocenters. The van der Waals surface area contributed by atoms with Gasteiger partial charge in [0, 0.05) is 0 Å².